The fourth-order valence-corrected chi connectivity index (χ4v) is 1.68. The third-order valence-corrected chi connectivity index (χ3v) is 2.94. The van der Waals surface area contributed by atoms with Crippen LogP contribution in [-0.2, 0) is 11.3 Å². The Morgan fingerprint density at radius 2 is 2.29 bits per heavy atom. The topological polar surface area (TPSA) is 43.4 Å². The molecule has 1 aliphatic heterocycles. The molecule has 1 aliphatic carbocycles. The number of aromatic nitrogens is 1. The lowest BCUT2D eigenvalue weighted by atomic mass is 10.2. The second kappa shape index (κ2) is 4.58. The molecule has 3 rings (SSSR count). The van der Waals surface area contributed by atoms with E-state index in [1.54, 1.807) is 0 Å². The molecule has 1 saturated heterocycles. The number of nitrogens with one attached hydrogen (secondary N) is 1. The van der Waals surface area contributed by atoms with Crippen molar-refractivity contribution in [1.29, 1.82) is 0 Å². The van der Waals surface area contributed by atoms with Crippen LogP contribution in [0.2, 0.25) is 0 Å². The van der Waals surface area contributed by atoms with Gasteiger partial charge in [0.1, 0.15) is 11.9 Å². The maximum atomic E-state index is 13.2. The average molecular weight is 238 g/mol. The maximum Gasteiger partial charge on any atom is 0.218 e. The molecule has 1 N–H and O–H groups in total. The summed E-state index contributed by atoms with van der Waals surface area (Å²) in [6, 6.07) is 2.06. The van der Waals surface area contributed by atoms with Crippen molar-refractivity contribution < 1.29 is 13.9 Å². The Balaban J connectivity index is 1.69. The van der Waals surface area contributed by atoms with E-state index in [-0.39, 0.29) is 11.9 Å². The molecule has 0 amide bonds. The highest BCUT2D eigenvalue weighted by Gasteiger charge is 2.24. The van der Waals surface area contributed by atoms with Gasteiger partial charge in [-0.1, -0.05) is 0 Å². The van der Waals surface area contributed by atoms with Gasteiger partial charge in [-0.3, -0.25) is 0 Å². The van der Waals surface area contributed by atoms with E-state index in [1.165, 1.54) is 25.1 Å². The minimum Gasteiger partial charge on any atom is -0.469 e. The Morgan fingerprint density at radius 1 is 1.47 bits per heavy atom. The van der Waals surface area contributed by atoms with Gasteiger partial charge >= 0.3 is 0 Å². The second-order valence-electron chi connectivity index (χ2n) is 4.55. The average Bonchev–Trinajstić information content (AvgIpc) is 3.06. The van der Waals surface area contributed by atoms with Gasteiger partial charge in [0.25, 0.3) is 0 Å². The van der Waals surface area contributed by atoms with E-state index in [0.717, 1.165) is 5.56 Å². The lowest BCUT2D eigenvalue weighted by Crippen LogP contribution is -2.39. The molecule has 0 atom stereocenters. The highest BCUT2D eigenvalue weighted by molar-refractivity contribution is 5.26. The molecular formula is C12H15FN2O2. The maximum absolute atomic E-state index is 13.2. The van der Waals surface area contributed by atoms with Crippen LogP contribution >= 0.6 is 0 Å². The minimum atomic E-state index is -0.324. The van der Waals surface area contributed by atoms with Gasteiger partial charge in [0.05, 0.1) is 19.4 Å². The molecular weight excluding hydrogens is 223 g/mol. The van der Waals surface area contributed by atoms with Crippen molar-refractivity contribution >= 4 is 0 Å². The van der Waals surface area contributed by atoms with Crippen molar-refractivity contribution in [2.75, 3.05) is 13.2 Å². The van der Waals surface area contributed by atoms with Crippen LogP contribution < -0.4 is 10.1 Å². The zero-order valence-corrected chi connectivity index (χ0v) is 9.49. The number of nitrogens with zero attached hydrogens (tertiary/aromatic N) is 1. The quantitative estimate of drug-likeness (QED) is 0.838. The first-order valence-electron chi connectivity index (χ1n) is 5.93. The lowest BCUT2D eigenvalue weighted by molar-refractivity contribution is -0.0817. The molecule has 2 fully saturated rings. The van der Waals surface area contributed by atoms with Crippen molar-refractivity contribution in [3.05, 3.63) is 23.6 Å². The molecule has 2 heterocycles. The normalized spacial score (nSPS) is 20.1. The van der Waals surface area contributed by atoms with Gasteiger partial charge in [-0.05, 0) is 18.9 Å². The lowest BCUT2D eigenvalue weighted by Gasteiger charge is -2.27. The van der Waals surface area contributed by atoms with Gasteiger partial charge in [0.2, 0.25) is 5.88 Å². The molecule has 0 radical (unpaired) electrons. The summed E-state index contributed by atoms with van der Waals surface area (Å²) in [5, 5.41) is 3.33. The van der Waals surface area contributed by atoms with Gasteiger partial charge in [-0.2, -0.15) is 0 Å². The Labute approximate surface area is 99.1 Å². The standard InChI is InChI=1S/C12H15FN2O2/c13-9-3-8(4-14-10-1-2-10)12(15-5-9)17-11-6-16-7-11/h3,5,10-11,14H,1-2,4,6-7H2. The van der Waals surface area contributed by atoms with Gasteiger partial charge in [0, 0.05) is 18.2 Å². The summed E-state index contributed by atoms with van der Waals surface area (Å²) in [6.45, 7) is 1.79. The van der Waals surface area contributed by atoms with Gasteiger partial charge in [-0.15, -0.1) is 0 Å². The third kappa shape index (κ3) is 2.73. The number of pyridine rings is 1. The zero-order valence-electron chi connectivity index (χ0n) is 9.49. The number of hydrogen-bond donors (Lipinski definition) is 1. The number of rotatable bonds is 5. The summed E-state index contributed by atoms with van der Waals surface area (Å²) in [4.78, 5) is 4.01. The van der Waals surface area contributed by atoms with E-state index < -0.39 is 0 Å². The molecule has 1 aromatic rings. The Morgan fingerprint density at radius 3 is 2.94 bits per heavy atom. The van der Waals surface area contributed by atoms with E-state index in [4.69, 9.17) is 9.47 Å². The summed E-state index contributed by atoms with van der Waals surface area (Å²) in [5.41, 5.74) is 0.781. The summed E-state index contributed by atoms with van der Waals surface area (Å²) < 4.78 is 23.8. The van der Waals surface area contributed by atoms with Crippen molar-refractivity contribution in [2.24, 2.45) is 0 Å². The van der Waals surface area contributed by atoms with Crippen LogP contribution in [0.3, 0.4) is 0 Å². The SMILES string of the molecule is Fc1cnc(OC2COC2)c(CNC2CC2)c1. The smallest absolute Gasteiger partial charge is 0.218 e. The molecule has 5 heteroatoms. The molecule has 0 spiro atoms. The van der Waals surface area contributed by atoms with Gasteiger partial charge in [-0.25, -0.2) is 9.37 Å². The fourth-order valence-electron chi connectivity index (χ4n) is 1.68. The molecule has 0 aromatic carbocycles. The molecule has 17 heavy (non-hydrogen) atoms. The predicted octanol–water partition coefficient (Wildman–Crippen LogP) is 1.25. The van der Waals surface area contributed by atoms with E-state index in [1.807, 2.05) is 0 Å². The third-order valence-electron chi connectivity index (χ3n) is 2.94. The summed E-state index contributed by atoms with van der Waals surface area (Å²) >= 11 is 0. The highest BCUT2D eigenvalue weighted by atomic mass is 19.1. The highest BCUT2D eigenvalue weighted by Crippen LogP contribution is 2.23. The Hall–Kier alpha value is -1.20. The van der Waals surface area contributed by atoms with Crippen molar-refractivity contribution in [1.82, 2.24) is 10.3 Å². The van der Waals surface area contributed by atoms with E-state index >= 15 is 0 Å². The molecule has 4 nitrogen and oxygen atoms in total. The van der Waals surface area contributed by atoms with Gasteiger partial charge < -0.3 is 14.8 Å². The van der Waals surface area contributed by atoms with E-state index in [9.17, 15) is 4.39 Å². The van der Waals surface area contributed by atoms with Crippen LogP contribution in [0.15, 0.2) is 12.3 Å². The molecule has 2 aliphatic rings. The molecule has 92 valence electrons. The van der Waals surface area contributed by atoms with Crippen LogP contribution in [0.25, 0.3) is 0 Å². The fraction of sp³-hybridized carbons (Fsp3) is 0.583. The Bertz CT molecular complexity index is 405. The molecule has 0 bridgehead atoms. The summed E-state index contributed by atoms with van der Waals surface area (Å²) in [7, 11) is 0. The van der Waals surface area contributed by atoms with Gasteiger partial charge in [0.15, 0.2) is 0 Å². The number of ether oxygens (including phenoxy) is 2. The van der Waals surface area contributed by atoms with E-state index in [2.05, 4.69) is 10.3 Å². The monoisotopic (exact) mass is 238 g/mol. The van der Waals surface area contributed by atoms with Crippen molar-refractivity contribution in [3.8, 4) is 5.88 Å². The van der Waals surface area contributed by atoms with Crippen LogP contribution in [0.5, 0.6) is 5.88 Å². The van der Waals surface area contributed by atoms with E-state index in [0.29, 0.717) is 31.7 Å². The van der Waals surface area contributed by atoms with Crippen LogP contribution in [0, 0.1) is 5.82 Å². The van der Waals surface area contributed by atoms with Crippen LogP contribution in [-0.4, -0.2) is 30.3 Å². The van der Waals surface area contributed by atoms with Crippen LogP contribution in [0.4, 0.5) is 4.39 Å². The first-order chi connectivity index (χ1) is 8.31. The summed E-state index contributed by atoms with van der Waals surface area (Å²) in [6.07, 6.45) is 3.66. The minimum absolute atomic E-state index is 0.0626. The number of hydrogen-bond acceptors (Lipinski definition) is 4. The second-order valence-corrected chi connectivity index (χ2v) is 4.55. The zero-order chi connectivity index (χ0) is 11.7. The molecule has 0 unspecified atom stereocenters. The summed E-state index contributed by atoms with van der Waals surface area (Å²) in [5.74, 6) is 0.197. The molecule has 1 aromatic heterocycles. The van der Waals surface area contributed by atoms with Crippen molar-refractivity contribution in [3.63, 3.8) is 0 Å². The first kappa shape index (κ1) is 10.9. The number of halogens is 1. The first-order valence-corrected chi connectivity index (χ1v) is 5.93. The largest absolute Gasteiger partial charge is 0.469 e. The Kier molecular flexibility index (Phi) is 2.94. The molecule has 1 saturated carbocycles. The van der Waals surface area contributed by atoms with Crippen molar-refractivity contribution in [2.45, 2.75) is 31.5 Å². The predicted molar refractivity (Wildman–Crippen MR) is 59.3 cm³/mol. The van der Waals surface area contributed by atoms with Crippen LogP contribution in [0.1, 0.15) is 18.4 Å².